The van der Waals surface area contributed by atoms with E-state index in [2.05, 4.69) is 52.8 Å². The first-order valence-electron chi connectivity index (χ1n) is 11.3. The molecule has 0 spiro atoms. The predicted octanol–water partition coefficient (Wildman–Crippen LogP) is 7.64. The number of benzene rings is 2. The molecule has 0 amide bonds. The van der Waals surface area contributed by atoms with Gasteiger partial charge in [-0.1, -0.05) is 89.9 Å². The number of aryl methyl sites for hydroxylation is 1. The fraction of sp³-hybridized carbons (Fsp3) is 0.464. The molecule has 1 N–H and O–H groups in total. The molecule has 0 saturated heterocycles. The third-order valence-corrected chi connectivity index (χ3v) is 6.80. The van der Waals surface area contributed by atoms with Gasteiger partial charge in [-0.2, -0.15) is 0 Å². The molecule has 30 heavy (non-hydrogen) atoms. The maximum absolute atomic E-state index is 11.6. The molecule has 0 bridgehead atoms. The summed E-state index contributed by atoms with van der Waals surface area (Å²) >= 11 is 0. The third kappa shape index (κ3) is 4.69. The Bertz CT molecular complexity index is 947. The largest absolute Gasteiger partial charge is 0.478 e. The fourth-order valence-corrected chi connectivity index (χ4v) is 4.63. The molecule has 0 fully saturated rings. The zero-order valence-electron chi connectivity index (χ0n) is 19.2. The van der Waals surface area contributed by atoms with E-state index in [0.29, 0.717) is 5.56 Å². The SMILES string of the molecule is CCCCCc1cc2c(cc1C=Cc1ccccc1C(=O)O)C(C)(C)CCC2(C)C. The van der Waals surface area contributed by atoms with Gasteiger partial charge in [0.15, 0.2) is 0 Å². The number of aromatic carboxylic acids is 1. The highest BCUT2D eigenvalue weighted by Crippen LogP contribution is 2.47. The third-order valence-electron chi connectivity index (χ3n) is 6.80. The second-order valence-electron chi connectivity index (χ2n) is 10.0. The lowest BCUT2D eigenvalue weighted by molar-refractivity contribution is 0.0696. The molecule has 3 rings (SSSR count). The summed E-state index contributed by atoms with van der Waals surface area (Å²) < 4.78 is 0. The summed E-state index contributed by atoms with van der Waals surface area (Å²) in [6, 6.07) is 12.1. The van der Waals surface area contributed by atoms with Gasteiger partial charge in [0.2, 0.25) is 0 Å². The van der Waals surface area contributed by atoms with Crippen LogP contribution in [0.5, 0.6) is 0 Å². The minimum absolute atomic E-state index is 0.161. The van der Waals surface area contributed by atoms with Crippen LogP contribution in [0.15, 0.2) is 36.4 Å². The number of rotatable bonds is 7. The fourth-order valence-electron chi connectivity index (χ4n) is 4.63. The molecule has 0 radical (unpaired) electrons. The highest BCUT2D eigenvalue weighted by atomic mass is 16.4. The van der Waals surface area contributed by atoms with Crippen molar-refractivity contribution in [2.75, 3.05) is 0 Å². The average Bonchev–Trinajstić information content (AvgIpc) is 2.70. The molecular formula is C28H36O2. The Morgan fingerprint density at radius 3 is 2.17 bits per heavy atom. The lowest BCUT2D eigenvalue weighted by Gasteiger charge is -2.42. The van der Waals surface area contributed by atoms with Crippen molar-refractivity contribution < 1.29 is 9.90 Å². The topological polar surface area (TPSA) is 37.3 Å². The highest BCUT2D eigenvalue weighted by molar-refractivity contribution is 5.93. The van der Waals surface area contributed by atoms with Crippen LogP contribution in [0.1, 0.15) is 105 Å². The average molecular weight is 405 g/mol. The van der Waals surface area contributed by atoms with Crippen LogP contribution >= 0.6 is 0 Å². The van der Waals surface area contributed by atoms with Crippen LogP contribution in [0, 0.1) is 0 Å². The number of carbonyl (C=O) groups is 1. The molecule has 1 aliphatic carbocycles. The molecule has 0 saturated carbocycles. The lowest BCUT2D eigenvalue weighted by atomic mass is 9.62. The van der Waals surface area contributed by atoms with Crippen LogP contribution in [-0.4, -0.2) is 11.1 Å². The summed E-state index contributed by atoms with van der Waals surface area (Å²) in [5, 5.41) is 9.51. The molecule has 2 aromatic rings. The predicted molar refractivity (Wildman–Crippen MR) is 127 cm³/mol. The molecule has 0 unspecified atom stereocenters. The van der Waals surface area contributed by atoms with Crippen molar-refractivity contribution >= 4 is 18.1 Å². The van der Waals surface area contributed by atoms with Crippen molar-refractivity contribution in [2.45, 2.75) is 84.0 Å². The highest BCUT2D eigenvalue weighted by Gasteiger charge is 2.37. The van der Waals surface area contributed by atoms with Crippen molar-refractivity contribution in [1.29, 1.82) is 0 Å². The van der Waals surface area contributed by atoms with E-state index >= 15 is 0 Å². The summed E-state index contributed by atoms with van der Waals surface area (Å²) in [6.45, 7) is 11.7. The number of unbranched alkanes of at least 4 members (excludes halogenated alkanes) is 2. The summed E-state index contributed by atoms with van der Waals surface area (Å²) in [4.78, 5) is 11.6. The zero-order chi connectivity index (χ0) is 21.9. The van der Waals surface area contributed by atoms with Gasteiger partial charge in [-0.05, 0) is 70.4 Å². The number of hydrogen-bond donors (Lipinski definition) is 1. The Morgan fingerprint density at radius 1 is 0.933 bits per heavy atom. The number of carboxylic acid groups (broad SMARTS) is 1. The lowest BCUT2D eigenvalue weighted by Crippen LogP contribution is -2.34. The molecule has 160 valence electrons. The second-order valence-corrected chi connectivity index (χ2v) is 10.0. The minimum atomic E-state index is -0.883. The van der Waals surface area contributed by atoms with Gasteiger partial charge in [0, 0.05) is 0 Å². The van der Waals surface area contributed by atoms with Crippen LogP contribution in [0.3, 0.4) is 0 Å². The van der Waals surface area contributed by atoms with E-state index in [0.717, 1.165) is 12.0 Å². The van der Waals surface area contributed by atoms with Crippen LogP contribution in [-0.2, 0) is 17.3 Å². The molecule has 0 aromatic heterocycles. The smallest absolute Gasteiger partial charge is 0.336 e. The summed E-state index contributed by atoms with van der Waals surface area (Å²) in [5.74, 6) is -0.883. The van der Waals surface area contributed by atoms with E-state index in [9.17, 15) is 9.90 Å². The molecule has 0 atom stereocenters. The molecule has 0 aliphatic heterocycles. The van der Waals surface area contributed by atoms with E-state index in [1.54, 1.807) is 12.1 Å². The van der Waals surface area contributed by atoms with Gasteiger partial charge >= 0.3 is 5.97 Å². The number of carboxylic acids is 1. The maximum Gasteiger partial charge on any atom is 0.336 e. The van der Waals surface area contributed by atoms with E-state index in [1.807, 2.05) is 18.2 Å². The van der Waals surface area contributed by atoms with E-state index in [-0.39, 0.29) is 10.8 Å². The standard InChI is InChI=1S/C28H36O2/c1-6-7-8-12-21-18-24-25(28(4,5)17-16-27(24,2)3)19-22(21)15-14-20-11-9-10-13-23(20)26(29)30/h9-11,13-15,18-19H,6-8,12,16-17H2,1-5H3,(H,29,30). The van der Waals surface area contributed by atoms with Gasteiger partial charge in [0.25, 0.3) is 0 Å². The van der Waals surface area contributed by atoms with Crippen LogP contribution in [0.25, 0.3) is 12.2 Å². The zero-order valence-corrected chi connectivity index (χ0v) is 19.2. The normalized spacial score (nSPS) is 17.1. The van der Waals surface area contributed by atoms with Crippen LogP contribution in [0.2, 0.25) is 0 Å². The quantitative estimate of drug-likeness (QED) is 0.380. The van der Waals surface area contributed by atoms with Crippen LogP contribution in [0.4, 0.5) is 0 Å². The molecule has 1 aliphatic rings. The van der Waals surface area contributed by atoms with Gasteiger partial charge in [-0.3, -0.25) is 0 Å². The monoisotopic (exact) mass is 404 g/mol. The van der Waals surface area contributed by atoms with Gasteiger partial charge < -0.3 is 5.11 Å². The summed E-state index contributed by atoms with van der Waals surface area (Å²) in [5.41, 5.74) is 7.02. The Balaban J connectivity index is 2.09. The van der Waals surface area contributed by atoms with Gasteiger partial charge in [0.1, 0.15) is 0 Å². The minimum Gasteiger partial charge on any atom is -0.478 e. The Labute approximate surface area is 182 Å². The first-order chi connectivity index (χ1) is 14.2. The number of hydrogen-bond acceptors (Lipinski definition) is 1. The van der Waals surface area contributed by atoms with Crippen molar-refractivity contribution in [1.82, 2.24) is 0 Å². The van der Waals surface area contributed by atoms with Gasteiger partial charge in [-0.15, -0.1) is 0 Å². The number of fused-ring (bicyclic) bond motifs is 1. The van der Waals surface area contributed by atoms with Crippen molar-refractivity contribution in [3.05, 3.63) is 69.8 Å². The molecule has 2 aromatic carbocycles. The Hall–Kier alpha value is -2.35. The maximum atomic E-state index is 11.6. The first kappa shape index (κ1) is 22.3. The van der Waals surface area contributed by atoms with E-state index in [1.165, 1.54) is 54.4 Å². The molecule has 2 nitrogen and oxygen atoms in total. The summed E-state index contributed by atoms with van der Waals surface area (Å²) in [6.07, 6.45) is 11.2. The Morgan fingerprint density at radius 2 is 1.53 bits per heavy atom. The van der Waals surface area contributed by atoms with Crippen molar-refractivity contribution in [3.8, 4) is 0 Å². The van der Waals surface area contributed by atoms with E-state index in [4.69, 9.17) is 0 Å². The summed E-state index contributed by atoms with van der Waals surface area (Å²) in [7, 11) is 0. The van der Waals surface area contributed by atoms with E-state index < -0.39 is 5.97 Å². The van der Waals surface area contributed by atoms with Crippen molar-refractivity contribution in [2.24, 2.45) is 0 Å². The second kappa shape index (κ2) is 8.79. The van der Waals surface area contributed by atoms with Crippen molar-refractivity contribution in [3.63, 3.8) is 0 Å². The van der Waals surface area contributed by atoms with Gasteiger partial charge in [0.05, 0.1) is 5.56 Å². The molecule has 0 heterocycles. The molecular weight excluding hydrogens is 368 g/mol. The van der Waals surface area contributed by atoms with Gasteiger partial charge in [-0.25, -0.2) is 4.79 Å². The van der Waals surface area contributed by atoms with Crippen LogP contribution < -0.4 is 0 Å². The first-order valence-corrected chi connectivity index (χ1v) is 11.3. The Kier molecular flexibility index (Phi) is 6.55. The molecule has 2 heteroatoms.